The van der Waals surface area contributed by atoms with Crippen LogP contribution in [0.25, 0.3) is 0 Å². The molecule has 15 heteroatoms. The lowest BCUT2D eigenvalue weighted by Gasteiger charge is -2.49. The summed E-state index contributed by atoms with van der Waals surface area (Å²) in [7, 11) is 0. The predicted molar refractivity (Wildman–Crippen MR) is 137 cm³/mol. The van der Waals surface area contributed by atoms with Crippen molar-refractivity contribution >= 4 is 69.9 Å². The van der Waals surface area contributed by atoms with E-state index in [9.17, 15) is 24.3 Å². The van der Waals surface area contributed by atoms with Crippen molar-refractivity contribution in [1.82, 2.24) is 30.6 Å². The third kappa shape index (κ3) is 5.16. The summed E-state index contributed by atoms with van der Waals surface area (Å²) in [4.78, 5) is 53.8. The Morgan fingerprint density at radius 2 is 2.06 bits per heavy atom. The Labute approximate surface area is 222 Å². The van der Waals surface area contributed by atoms with Crippen LogP contribution in [0.1, 0.15) is 14.7 Å². The lowest BCUT2D eigenvalue weighted by Crippen LogP contribution is -2.70. The van der Waals surface area contributed by atoms with E-state index in [-0.39, 0.29) is 23.9 Å². The molecule has 36 heavy (non-hydrogen) atoms. The summed E-state index contributed by atoms with van der Waals surface area (Å²) >= 11 is 5.37. The van der Waals surface area contributed by atoms with Gasteiger partial charge in [0.2, 0.25) is 10.9 Å². The maximum atomic E-state index is 12.8. The number of carbonyl (C=O) groups excluding carboxylic acids is 3. The van der Waals surface area contributed by atoms with E-state index in [4.69, 9.17) is 0 Å². The number of carboxylic acid groups (broad SMARTS) is 1. The van der Waals surface area contributed by atoms with Gasteiger partial charge in [0.25, 0.3) is 11.8 Å². The van der Waals surface area contributed by atoms with E-state index in [0.29, 0.717) is 39.5 Å². The molecule has 2 fully saturated rings. The van der Waals surface area contributed by atoms with Gasteiger partial charge in [0, 0.05) is 42.6 Å². The zero-order valence-corrected chi connectivity index (χ0v) is 22.1. The number of fused-ring (bicyclic) bond motifs is 1. The molecule has 3 aliphatic rings. The molecule has 190 valence electrons. The minimum Gasteiger partial charge on any atom is -0.477 e. The number of β-lactam (4-membered cyclic amide) rings is 1. The van der Waals surface area contributed by atoms with Crippen molar-refractivity contribution in [3.8, 4) is 0 Å². The van der Waals surface area contributed by atoms with Gasteiger partial charge in [-0.25, -0.2) is 4.79 Å². The average Bonchev–Trinajstić information content (AvgIpc) is 3.57. The Hall–Kier alpha value is -2.46. The number of nitrogens with zero attached hydrogens (tertiary/aromatic N) is 4. The highest BCUT2D eigenvalue weighted by Crippen LogP contribution is 2.41. The molecule has 0 saturated carbocycles. The summed E-state index contributed by atoms with van der Waals surface area (Å²) in [5.41, 5.74) is 0.553. The Morgan fingerprint density at radius 1 is 1.25 bits per heavy atom. The van der Waals surface area contributed by atoms with E-state index in [1.807, 2.05) is 17.5 Å². The lowest BCUT2D eigenvalue weighted by atomic mass is 10.0. The van der Waals surface area contributed by atoms with Gasteiger partial charge >= 0.3 is 5.97 Å². The van der Waals surface area contributed by atoms with Gasteiger partial charge in [0.15, 0.2) is 4.34 Å². The number of rotatable bonds is 8. The number of hydrogen-bond acceptors (Lipinski definition) is 11. The minimum absolute atomic E-state index is 0.0402. The number of piperazine rings is 1. The van der Waals surface area contributed by atoms with Gasteiger partial charge < -0.3 is 20.6 Å². The summed E-state index contributed by atoms with van der Waals surface area (Å²) in [5.74, 6) is -1.31. The van der Waals surface area contributed by atoms with Crippen molar-refractivity contribution in [2.75, 3.05) is 37.7 Å². The smallest absolute Gasteiger partial charge is 0.352 e. The molecule has 3 aliphatic heterocycles. The maximum Gasteiger partial charge on any atom is 0.352 e. The van der Waals surface area contributed by atoms with Crippen molar-refractivity contribution in [3.05, 3.63) is 38.7 Å². The number of nitrogens with one attached hydrogen (secondary N) is 2. The van der Waals surface area contributed by atoms with Crippen LogP contribution in [-0.2, 0) is 20.8 Å². The summed E-state index contributed by atoms with van der Waals surface area (Å²) in [5, 5.41) is 25.7. The largest absolute Gasteiger partial charge is 0.477 e. The molecule has 5 rings (SSSR count). The van der Waals surface area contributed by atoms with Gasteiger partial charge in [-0.15, -0.1) is 33.3 Å². The molecule has 0 aromatic carbocycles. The lowest BCUT2D eigenvalue weighted by molar-refractivity contribution is -0.150. The number of aliphatic carboxylic acids is 1. The van der Waals surface area contributed by atoms with Crippen LogP contribution in [0.15, 0.2) is 33.1 Å². The Morgan fingerprint density at radius 3 is 2.78 bits per heavy atom. The Kier molecular flexibility index (Phi) is 7.62. The van der Waals surface area contributed by atoms with Gasteiger partial charge in [-0.1, -0.05) is 29.2 Å². The number of amides is 3. The van der Waals surface area contributed by atoms with Crippen LogP contribution in [0.2, 0.25) is 0 Å². The SMILES string of the molecule is O=C(Cc1cccs1)NC1C(=O)N2C(C(=O)O)=C(CSc3nnc(C(=O)N4CCNCC4)s3)CS[C@H]12. The van der Waals surface area contributed by atoms with E-state index in [0.717, 1.165) is 18.0 Å². The van der Waals surface area contributed by atoms with E-state index < -0.39 is 23.3 Å². The molecule has 0 spiro atoms. The third-order valence-electron chi connectivity index (χ3n) is 5.84. The van der Waals surface area contributed by atoms with Crippen LogP contribution >= 0.6 is 46.2 Å². The fourth-order valence-corrected chi connectivity index (χ4v) is 8.10. The Balaban J connectivity index is 1.22. The first-order valence-electron chi connectivity index (χ1n) is 11.1. The van der Waals surface area contributed by atoms with E-state index >= 15 is 0 Å². The number of aromatic nitrogens is 2. The van der Waals surface area contributed by atoms with Crippen LogP contribution in [0.4, 0.5) is 0 Å². The highest BCUT2D eigenvalue weighted by Gasteiger charge is 2.54. The summed E-state index contributed by atoms with van der Waals surface area (Å²) in [6.07, 6.45) is 0.184. The normalized spacial score (nSPS) is 21.7. The third-order valence-corrected chi connectivity index (χ3v) is 10.2. The average molecular weight is 567 g/mol. The van der Waals surface area contributed by atoms with Gasteiger partial charge in [-0.2, -0.15) is 0 Å². The van der Waals surface area contributed by atoms with E-state index in [1.165, 1.54) is 51.1 Å². The highest BCUT2D eigenvalue weighted by atomic mass is 32.2. The number of hydrogen-bond donors (Lipinski definition) is 3. The molecule has 3 N–H and O–H groups in total. The summed E-state index contributed by atoms with van der Waals surface area (Å²) < 4.78 is 0.562. The molecule has 5 heterocycles. The molecule has 2 atom stereocenters. The van der Waals surface area contributed by atoms with Gasteiger partial charge in [0.1, 0.15) is 17.1 Å². The van der Waals surface area contributed by atoms with Crippen molar-refractivity contribution in [2.24, 2.45) is 0 Å². The number of thiophene rings is 1. The quantitative estimate of drug-likeness (QED) is 0.309. The van der Waals surface area contributed by atoms with Crippen LogP contribution in [-0.4, -0.2) is 97.9 Å². The highest BCUT2D eigenvalue weighted by molar-refractivity contribution is 8.01. The van der Waals surface area contributed by atoms with Crippen molar-refractivity contribution < 1.29 is 24.3 Å². The molecule has 2 aromatic heterocycles. The number of thioether (sulfide) groups is 2. The number of carbonyl (C=O) groups is 4. The topological polar surface area (TPSA) is 145 Å². The monoisotopic (exact) mass is 566 g/mol. The minimum atomic E-state index is -1.18. The summed E-state index contributed by atoms with van der Waals surface area (Å²) in [6.45, 7) is 2.72. The zero-order valence-electron chi connectivity index (χ0n) is 18.8. The van der Waals surface area contributed by atoms with Crippen molar-refractivity contribution in [1.29, 1.82) is 0 Å². The molecule has 0 aliphatic carbocycles. The van der Waals surface area contributed by atoms with Crippen LogP contribution in [0.5, 0.6) is 0 Å². The standard InChI is InChI=1S/C21H22N6O5S4/c28-13(8-12-2-1-7-33-12)23-14-17(29)27-15(20(31)32)11(9-34-19(14)27)10-35-21-25-24-16(36-21)18(30)26-5-3-22-4-6-26/h1-2,7,14,19,22H,3-6,8-10H2,(H,23,28)(H,31,32)/t14?,19-/m1/s1. The molecule has 2 saturated heterocycles. The molecular formula is C21H22N6O5S4. The van der Waals surface area contributed by atoms with Gasteiger partial charge in [-0.3, -0.25) is 19.3 Å². The van der Waals surface area contributed by atoms with Crippen LogP contribution < -0.4 is 10.6 Å². The van der Waals surface area contributed by atoms with E-state index in [1.54, 1.807) is 4.90 Å². The predicted octanol–water partition coefficient (Wildman–Crippen LogP) is 0.718. The molecule has 0 radical (unpaired) electrons. The molecule has 0 bridgehead atoms. The second kappa shape index (κ2) is 10.9. The van der Waals surface area contributed by atoms with Gasteiger partial charge in [-0.05, 0) is 17.0 Å². The Bertz CT molecular complexity index is 1210. The molecule has 11 nitrogen and oxygen atoms in total. The first-order chi connectivity index (χ1) is 17.4. The second-order valence-electron chi connectivity index (χ2n) is 8.17. The number of carboxylic acids is 1. The molecule has 2 aromatic rings. The van der Waals surface area contributed by atoms with E-state index in [2.05, 4.69) is 20.8 Å². The fraction of sp³-hybridized carbons (Fsp3) is 0.429. The zero-order chi connectivity index (χ0) is 25.2. The van der Waals surface area contributed by atoms with Crippen LogP contribution in [0.3, 0.4) is 0 Å². The van der Waals surface area contributed by atoms with Gasteiger partial charge in [0.05, 0.1) is 6.42 Å². The van der Waals surface area contributed by atoms with Crippen molar-refractivity contribution in [3.63, 3.8) is 0 Å². The second-order valence-corrected chi connectivity index (χ2v) is 12.5. The maximum absolute atomic E-state index is 12.8. The fourth-order valence-electron chi connectivity index (χ4n) is 4.10. The first-order valence-corrected chi connectivity index (χ1v) is 14.8. The first kappa shape index (κ1) is 25.2. The van der Waals surface area contributed by atoms with Crippen molar-refractivity contribution in [2.45, 2.75) is 22.2 Å². The molecular weight excluding hydrogens is 545 g/mol. The summed E-state index contributed by atoms with van der Waals surface area (Å²) in [6, 6.07) is 2.97. The van der Waals surface area contributed by atoms with Crippen LogP contribution in [0, 0.1) is 0 Å². The molecule has 3 amide bonds. The molecule has 1 unspecified atom stereocenters.